The number of aryl methyl sites for hydroxylation is 1. The first-order chi connectivity index (χ1) is 13.4. The largest absolute Gasteiger partial charge is 0.508 e. The Kier molecular flexibility index (Phi) is 7.87. The molecule has 0 radical (unpaired) electrons. The van der Waals surface area contributed by atoms with Gasteiger partial charge in [-0.15, -0.1) is 0 Å². The molecule has 0 unspecified atom stereocenters. The molecule has 0 aliphatic rings. The van der Waals surface area contributed by atoms with Crippen LogP contribution in [0.1, 0.15) is 48.2 Å². The van der Waals surface area contributed by atoms with Gasteiger partial charge in [0.1, 0.15) is 11.5 Å². The number of aromatic hydroxyl groups is 2. The first-order valence-electron chi connectivity index (χ1n) is 9.40. The Morgan fingerprint density at radius 3 is 2.54 bits per heavy atom. The summed E-state index contributed by atoms with van der Waals surface area (Å²) in [5, 5.41) is 19.5. The molecule has 6 nitrogen and oxygen atoms in total. The van der Waals surface area contributed by atoms with Crippen LogP contribution in [-0.2, 0) is 22.4 Å². The molecule has 0 atom stereocenters. The number of carbonyl (C=O) groups is 2. The molecule has 0 aromatic heterocycles. The molecule has 0 spiro atoms. The van der Waals surface area contributed by atoms with Crippen molar-refractivity contribution in [2.75, 3.05) is 13.2 Å². The fourth-order valence-corrected chi connectivity index (χ4v) is 2.77. The van der Waals surface area contributed by atoms with E-state index in [9.17, 15) is 19.8 Å². The summed E-state index contributed by atoms with van der Waals surface area (Å²) in [5.41, 5.74) is 1.61. The van der Waals surface area contributed by atoms with E-state index in [1.807, 2.05) is 13.8 Å². The average molecular weight is 386 g/mol. The molecule has 0 heterocycles. The van der Waals surface area contributed by atoms with Gasteiger partial charge in [0.2, 0.25) is 0 Å². The highest BCUT2D eigenvalue weighted by atomic mass is 16.5. The fraction of sp³-hybridized carbons (Fsp3) is 0.364. The molecule has 0 bridgehead atoms. The summed E-state index contributed by atoms with van der Waals surface area (Å²) in [6.07, 6.45) is 1.47. The molecular formula is C22H26O6. The van der Waals surface area contributed by atoms with Crippen molar-refractivity contribution in [2.45, 2.75) is 39.5 Å². The van der Waals surface area contributed by atoms with Crippen LogP contribution in [0, 0.1) is 0 Å². The van der Waals surface area contributed by atoms with E-state index in [1.165, 1.54) is 18.2 Å². The number of Topliss-reactive ketones (excluding diaryl/α,β-unsaturated/α-hetero) is 1. The van der Waals surface area contributed by atoms with Crippen molar-refractivity contribution < 1.29 is 29.3 Å². The second-order valence-corrected chi connectivity index (χ2v) is 6.43. The summed E-state index contributed by atoms with van der Waals surface area (Å²) < 4.78 is 10.5. The van der Waals surface area contributed by atoms with Crippen molar-refractivity contribution >= 4 is 11.8 Å². The summed E-state index contributed by atoms with van der Waals surface area (Å²) in [7, 11) is 0. The zero-order valence-electron chi connectivity index (χ0n) is 16.2. The molecular weight excluding hydrogens is 360 g/mol. The van der Waals surface area contributed by atoms with Crippen molar-refractivity contribution in [3.63, 3.8) is 0 Å². The second-order valence-electron chi connectivity index (χ2n) is 6.43. The molecule has 2 aromatic rings. The van der Waals surface area contributed by atoms with E-state index in [0.29, 0.717) is 42.9 Å². The first kappa shape index (κ1) is 21.3. The third-order valence-electron chi connectivity index (χ3n) is 4.15. The van der Waals surface area contributed by atoms with Crippen LogP contribution in [0.25, 0.3) is 0 Å². The molecule has 0 amide bonds. The molecule has 6 heteroatoms. The smallest absolute Gasteiger partial charge is 0.338 e. The van der Waals surface area contributed by atoms with Crippen molar-refractivity contribution in [3.8, 4) is 17.2 Å². The van der Waals surface area contributed by atoms with Crippen molar-refractivity contribution in [1.82, 2.24) is 0 Å². The molecule has 0 aliphatic carbocycles. The number of hydrogen-bond acceptors (Lipinski definition) is 6. The van der Waals surface area contributed by atoms with Gasteiger partial charge in [-0.05, 0) is 61.2 Å². The molecule has 2 rings (SSSR count). The van der Waals surface area contributed by atoms with Crippen LogP contribution >= 0.6 is 0 Å². The number of phenols is 2. The van der Waals surface area contributed by atoms with Gasteiger partial charge in [-0.2, -0.15) is 0 Å². The summed E-state index contributed by atoms with van der Waals surface area (Å²) in [6, 6.07) is 9.31. The minimum atomic E-state index is -0.496. The number of rotatable bonds is 10. The molecule has 2 N–H and O–H groups in total. The van der Waals surface area contributed by atoms with Gasteiger partial charge in [0.05, 0.1) is 18.8 Å². The lowest BCUT2D eigenvalue weighted by atomic mass is 9.98. The van der Waals surface area contributed by atoms with Gasteiger partial charge >= 0.3 is 5.97 Å². The minimum Gasteiger partial charge on any atom is -0.508 e. The monoisotopic (exact) mass is 386 g/mol. The van der Waals surface area contributed by atoms with E-state index in [4.69, 9.17) is 9.47 Å². The summed E-state index contributed by atoms with van der Waals surface area (Å²) in [5.74, 6) is -0.117. The Morgan fingerprint density at radius 1 is 1.04 bits per heavy atom. The van der Waals surface area contributed by atoms with Crippen LogP contribution in [0.4, 0.5) is 0 Å². The zero-order chi connectivity index (χ0) is 20.5. The molecule has 0 fully saturated rings. The minimum absolute atomic E-state index is 0.00488. The van der Waals surface area contributed by atoms with Crippen molar-refractivity contribution in [2.24, 2.45) is 0 Å². The highest BCUT2D eigenvalue weighted by Gasteiger charge is 2.16. The normalized spacial score (nSPS) is 10.5. The summed E-state index contributed by atoms with van der Waals surface area (Å²) >= 11 is 0. The van der Waals surface area contributed by atoms with Crippen LogP contribution in [-0.4, -0.2) is 35.2 Å². The summed E-state index contributed by atoms with van der Waals surface area (Å²) in [6.45, 7) is 4.46. The van der Waals surface area contributed by atoms with Gasteiger partial charge in [-0.3, -0.25) is 4.79 Å². The van der Waals surface area contributed by atoms with Gasteiger partial charge in [0.25, 0.3) is 0 Å². The maximum absolute atomic E-state index is 12.4. The Hall–Kier alpha value is -3.02. The lowest BCUT2D eigenvalue weighted by molar-refractivity contribution is -0.118. The third-order valence-corrected chi connectivity index (χ3v) is 4.15. The SMILES string of the molecule is CCCOC(=O)c1ccc(O)cc1CC(=O)CCc1ccc(O)c(OCC)c1. The average Bonchev–Trinajstić information content (AvgIpc) is 2.67. The maximum Gasteiger partial charge on any atom is 0.338 e. The standard InChI is InChI=1S/C22H26O6/c1-3-11-28-22(26)19-9-8-18(24)14-16(19)13-17(23)7-5-15-6-10-20(25)21(12-15)27-4-2/h6,8-10,12,14,24-25H,3-5,7,11,13H2,1-2H3. The molecule has 150 valence electrons. The van der Waals surface area contributed by atoms with Gasteiger partial charge in [0, 0.05) is 12.8 Å². The number of esters is 1. The first-order valence-corrected chi connectivity index (χ1v) is 9.40. The molecule has 0 saturated carbocycles. The number of phenolic OH excluding ortho intramolecular Hbond substituents is 2. The number of ketones is 1. The van der Waals surface area contributed by atoms with E-state index < -0.39 is 5.97 Å². The number of carbonyl (C=O) groups excluding carboxylic acids is 2. The van der Waals surface area contributed by atoms with E-state index in [0.717, 1.165) is 5.56 Å². The Morgan fingerprint density at radius 2 is 1.82 bits per heavy atom. The highest BCUT2D eigenvalue weighted by Crippen LogP contribution is 2.27. The van der Waals surface area contributed by atoms with Crippen molar-refractivity contribution in [3.05, 3.63) is 53.1 Å². The predicted molar refractivity (Wildman–Crippen MR) is 105 cm³/mol. The van der Waals surface area contributed by atoms with Crippen LogP contribution in [0.15, 0.2) is 36.4 Å². The Balaban J connectivity index is 2.04. The Bertz CT molecular complexity index is 828. The van der Waals surface area contributed by atoms with E-state index in [-0.39, 0.29) is 30.1 Å². The van der Waals surface area contributed by atoms with Gasteiger partial charge in [-0.1, -0.05) is 13.0 Å². The molecule has 28 heavy (non-hydrogen) atoms. The van der Waals surface area contributed by atoms with E-state index in [1.54, 1.807) is 18.2 Å². The maximum atomic E-state index is 12.4. The van der Waals surface area contributed by atoms with Gasteiger partial charge < -0.3 is 19.7 Å². The van der Waals surface area contributed by atoms with E-state index >= 15 is 0 Å². The Labute approximate surface area is 164 Å². The predicted octanol–water partition coefficient (Wildman–Crippen LogP) is 3.81. The lowest BCUT2D eigenvalue weighted by Gasteiger charge is -2.10. The van der Waals surface area contributed by atoms with Crippen LogP contribution in [0.2, 0.25) is 0 Å². The van der Waals surface area contributed by atoms with Crippen LogP contribution in [0.5, 0.6) is 17.2 Å². The lowest BCUT2D eigenvalue weighted by Crippen LogP contribution is -2.12. The van der Waals surface area contributed by atoms with Crippen molar-refractivity contribution in [1.29, 1.82) is 0 Å². The fourth-order valence-electron chi connectivity index (χ4n) is 2.77. The number of hydrogen-bond donors (Lipinski definition) is 2. The quantitative estimate of drug-likeness (QED) is 0.603. The van der Waals surface area contributed by atoms with Gasteiger partial charge in [-0.25, -0.2) is 4.79 Å². The molecule has 0 saturated heterocycles. The second kappa shape index (κ2) is 10.3. The van der Waals surface area contributed by atoms with E-state index in [2.05, 4.69) is 0 Å². The number of benzene rings is 2. The number of ether oxygens (including phenoxy) is 2. The summed E-state index contributed by atoms with van der Waals surface area (Å²) in [4.78, 5) is 24.6. The zero-order valence-corrected chi connectivity index (χ0v) is 16.2. The third kappa shape index (κ3) is 6.01. The molecule has 0 aliphatic heterocycles. The molecule has 2 aromatic carbocycles. The van der Waals surface area contributed by atoms with Crippen LogP contribution in [0.3, 0.4) is 0 Å². The van der Waals surface area contributed by atoms with Crippen LogP contribution < -0.4 is 4.74 Å². The van der Waals surface area contributed by atoms with Gasteiger partial charge in [0.15, 0.2) is 11.5 Å². The topological polar surface area (TPSA) is 93.1 Å². The highest BCUT2D eigenvalue weighted by molar-refractivity contribution is 5.93.